The summed E-state index contributed by atoms with van der Waals surface area (Å²) < 4.78 is 0. The van der Waals surface area contributed by atoms with Gasteiger partial charge in [-0.05, 0) is 45.0 Å². The Labute approximate surface area is 131 Å². The molecule has 1 saturated carbocycles. The second kappa shape index (κ2) is 8.35. The van der Waals surface area contributed by atoms with Crippen molar-refractivity contribution in [3.63, 3.8) is 0 Å². The fraction of sp³-hybridized carbons (Fsp3) is 0.643. The largest absolute Gasteiger partial charge is 0.309 e. The maximum absolute atomic E-state index is 5.95. The van der Waals surface area contributed by atoms with Crippen LogP contribution in [0.1, 0.15) is 25.7 Å². The number of thioether (sulfide) groups is 1. The van der Waals surface area contributed by atoms with Crippen LogP contribution < -0.4 is 0 Å². The maximum Gasteiger partial charge on any atom is 0.130 e. The van der Waals surface area contributed by atoms with Gasteiger partial charge in [-0.15, -0.1) is 24.2 Å². The van der Waals surface area contributed by atoms with Gasteiger partial charge >= 0.3 is 0 Å². The van der Waals surface area contributed by atoms with Crippen molar-refractivity contribution in [3.05, 3.63) is 23.4 Å². The molecule has 1 aliphatic rings. The average Bonchev–Trinajstić information content (AvgIpc) is 2.31. The van der Waals surface area contributed by atoms with Gasteiger partial charge in [-0.3, -0.25) is 0 Å². The third-order valence-corrected chi connectivity index (χ3v) is 5.00. The first-order valence-electron chi connectivity index (χ1n) is 6.59. The van der Waals surface area contributed by atoms with E-state index in [2.05, 4.69) is 30.0 Å². The van der Waals surface area contributed by atoms with Gasteiger partial charge in [0.05, 0.1) is 5.03 Å². The van der Waals surface area contributed by atoms with Crippen LogP contribution in [0.4, 0.5) is 0 Å². The summed E-state index contributed by atoms with van der Waals surface area (Å²) in [6.45, 7) is 1.18. The van der Waals surface area contributed by atoms with Crippen LogP contribution in [-0.2, 0) is 0 Å². The molecule has 2 nitrogen and oxygen atoms in total. The molecule has 0 N–H and O–H groups in total. The maximum atomic E-state index is 5.95. The summed E-state index contributed by atoms with van der Waals surface area (Å²) in [5.74, 6) is 0.777. The molecular formula is C14H22Cl2N2S. The van der Waals surface area contributed by atoms with Crippen LogP contribution in [0.3, 0.4) is 0 Å². The Morgan fingerprint density at radius 2 is 2.05 bits per heavy atom. The SMILES string of the molecule is CN(C)CC1CCCCC1Sc1cccc(Cl)n1.Cl. The van der Waals surface area contributed by atoms with Gasteiger partial charge in [0, 0.05) is 11.8 Å². The molecule has 0 spiro atoms. The van der Waals surface area contributed by atoms with E-state index in [0.29, 0.717) is 10.4 Å². The van der Waals surface area contributed by atoms with E-state index in [1.165, 1.54) is 32.2 Å². The summed E-state index contributed by atoms with van der Waals surface area (Å²) in [5.41, 5.74) is 0. The van der Waals surface area contributed by atoms with Crippen molar-refractivity contribution in [2.75, 3.05) is 20.6 Å². The molecule has 108 valence electrons. The molecule has 0 radical (unpaired) electrons. The number of pyridine rings is 1. The smallest absolute Gasteiger partial charge is 0.130 e. The predicted octanol–water partition coefficient (Wildman–Crippen LogP) is 4.37. The molecule has 2 rings (SSSR count). The van der Waals surface area contributed by atoms with Gasteiger partial charge in [0.15, 0.2) is 0 Å². The second-order valence-electron chi connectivity index (χ2n) is 5.26. The van der Waals surface area contributed by atoms with Gasteiger partial charge in [-0.2, -0.15) is 0 Å². The van der Waals surface area contributed by atoms with Crippen LogP contribution in [-0.4, -0.2) is 35.8 Å². The molecule has 2 atom stereocenters. The lowest BCUT2D eigenvalue weighted by Crippen LogP contribution is -2.31. The molecular weight excluding hydrogens is 299 g/mol. The Kier molecular flexibility index (Phi) is 7.52. The van der Waals surface area contributed by atoms with Crippen molar-refractivity contribution in [1.82, 2.24) is 9.88 Å². The van der Waals surface area contributed by atoms with Gasteiger partial charge in [-0.1, -0.05) is 30.5 Å². The minimum atomic E-state index is 0. The number of hydrogen-bond donors (Lipinski definition) is 0. The van der Waals surface area contributed by atoms with Gasteiger partial charge in [0.1, 0.15) is 5.15 Å². The fourth-order valence-electron chi connectivity index (χ4n) is 2.62. The first-order valence-corrected chi connectivity index (χ1v) is 7.85. The fourth-order valence-corrected chi connectivity index (χ4v) is 4.15. The molecule has 0 aliphatic heterocycles. The lowest BCUT2D eigenvalue weighted by molar-refractivity contribution is 0.271. The summed E-state index contributed by atoms with van der Waals surface area (Å²) in [4.78, 5) is 6.70. The van der Waals surface area contributed by atoms with Crippen molar-refractivity contribution in [3.8, 4) is 0 Å². The third-order valence-electron chi connectivity index (χ3n) is 3.40. The Balaban J connectivity index is 0.00000180. The Morgan fingerprint density at radius 1 is 1.32 bits per heavy atom. The molecule has 2 unspecified atom stereocenters. The number of halogens is 2. The lowest BCUT2D eigenvalue weighted by atomic mass is 9.88. The summed E-state index contributed by atoms with van der Waals surface area (Å²) in [6, 6.07) is 5.89. The van der Waals surface area contributed by atoms with Crippen LogP contribution in [0.2, 0.25) is 5.15 Å². The molecule has 19 heavy (non-hydrogen) atoms. The standard InChI is InChI=1S/C14H21ClN2S.ClH/c1-17(2)10-11-6-3-4-7-12(11)18-14-9-5-8-13(15)16-14;/h5,8-9,11-12H,3-4,6-7,10H2,1-2H3;1H. The highest BCUT2D eigenvalue weighted by atomic mass is 35.5. The van der Waals surface area contributed by atoms with E-state index in [1.54, 1.807) is 0 Å². The zero-order valence-electron chi connectivity index (χ0n) is 11.5. The van der Waals surface area contributed by atoms with Crippen molar-refractivity contribution in [2.45, 2.75) is 36.0 Å². The van der Waals surface area contributed by atoms with Crippen LogP contribution in [0, 0.1) is 5.92 Å². The van der Waals surface area contributed by atoms with Gasteiger partial charge in [-0.25, -0.2) is 4.98 Å². The second-order valence-corrected chi connectivity index (χ2v) is 6.91. The first kappa shape index (κ1) is 17.1. The van der Waals surface area contributed by atoms with E-state index in [4.69, 9.17) is 11.6 Å². The molecule has 0 amide bonds. The summed E-state index contributed by atoms with van der Waals surface area (Å²) in [5, 5.41) is 2.35. The van der Waals surface area contributed by atoms with Crippen molar-refractivity contribution >= 4 is 35.8 Å². The van der Waals surface area contributed by atoms with Crippen molar-refractivity contribution in [1.29, 1.82) is 0 Å². The molecule has 1 aliphatic carbocycles. The Hall–Kier alpha value is 0.0400. The topological polar surface area (TPSA) is 16.1 Å². The zero-order valence-corrected chi connectivity index (χ0v) is 13.9. The highest BCUT2D eigenvalue weighted by Gasteiger charge is 2.26. The van der Waals surface area contributed by atoms with Crippen LogP contribution in [0.25, 0.3) is 0 Å². The number of nitrogens with zero attached hydrogens (tertiary/aromatic N) is 2. The van der Waals surface area contributed by atoms with Crippen LogP contribution in [0.15, 0.2) is 23.2 Å². The first-order chi connectivity index (χ1) is 8.65. The minimum Gasteiger partial charge on any atom is -0.309 e. The van der Waals surface area contributed by atoms with E-state index < -0.39 is 0 Å². The Morgan fingerprint density at radius 3 is 2.74 bits per heavy atom. The minimum absolute atomic E-state index is 0. The molecule has 0 aromatic carbocycles. The highest BCUT2D eigenvalue weighted by molar-refractivity contribution is 7.99. The quantitative estimate of drug-likeness (QED) is 0.766. The number of rotatable bonds is 4. The molecule has 0 saturated heterocycles. The molecule has 1 aromatic rings. The third kappa shape index (κ3) is 5.50. The number of hydrogen-bond acceptors (Lipinski definition) is 3. The van der Waals surface area contributed by atoms with E-state index in [0.717, 1.165) is 10.9 Å². The summed E-state index contributed by atoms with van der Waals surface area (Å²) in [7, 11) is 4.32. The van der Waals surface area contributed by atoms with Gasteiger partial charge < -0.3 is 4.90 Å². The molecule has 1 heterocycles. The highest BCUT2D eigenvalue weighted by Crippen LogP contribution is 2.37. The van der Waals surface area contributed by atoms with Crippen LogP contribution in [0.5, 0.6) is 0 Å². The van der Waals surface area contributed by atoms with Gasteiger partial charge in [0.25, 0.3) is 0 Å². The van der Waals surface area contributed by atoms with E-state index in [1.807, 2.05) is 23.9 Å². The summed E-state index contributed by atoms with van der Waals surface area (Å²) >= 11 is 7.86. The van der Waals surface area contributed by atoms with E-state index >= 15 is 0 Å². The normalized spacial score (nSPS) is 23.2. The van der Waals surface area contributed by atoms with E-state index in [-0.39, 0.29) is 12.4 Å². The Bertz CT molecular complexity index is 387. The van der Waals surface area contributed by atoms with Crippen LogP contribution >= 0.6 is 35.8 Å². The monoisotopic (exact) mass is 320 g/mol. The predicted molar refractivity (Wildman–Crippen MR) is 86.7 cm³/mol. The van der Waals surface area contributed by atoms with Crippen molar-refractivity contribution < 1.29 is 0 Å². The van der Waals surface area contributed by atoms with Crippen molar-refractivity contribution in [2.24, 2.45) is 5.92 Å². The van der Waals surface area contributed by atoms with E-state index in [9.17, 15) is 0 Å². The van der Waals surface area contributed by atoms with Gasteiger partial charge in [0.2, 0.25) is 0 Å². The molecule has 0 bridgehead atoms. The molecule has 1 fully saturated rings. The molecule has 5 heteroatoms. The average molecular weight is 321 g/mol. The number of aromatic nitrogens is 1. The summed E-state index contributed by atoms with van der Waals surface area (Å²) in [6.07, 6.45) is 5.37. The lowest BCUT2D eigenvalue weighted by Gasteiger charge is -2.32. The molecule has 1 aromatic heterocycles. The zero-order chi connectivity index (χ0) is 13.0.